The summed E-state index contributed by atoms with van der Waals surface area (Å²) in [6.45, 7) is 5.32. The van der Waals surface area contributed by atoms with Crippen molar-refractivity contribution >= 4 is 19.3 Å². The highest BCUT2D eigenvalue weighted by molar-refractivity contribution is 7.54. The zero-order chi connectivity index (χ0) is 15.8. The van der Waals surface area contributed by atoms with Gasteiger partial charge in [0, 0.05) is 14.2 Å². The third kappa shape index (κ3) is 6.98. The van der Waals surface area contributed by atoms with Gasteiger partial charge in [-0.15, -0.1) is 0 Å². The summed E-state index contributed by atoms with van der Waals surface area (Å²) in [7, 11) is -1.16. The normalized spacial score (nSPS) is 13.7. The van der Waals surface area contributed by atoms with Gasteiger partial charge < -0.3 is 13.8 Å². The van der Waals surface area contributed by atoms with Crippen molar-refractivity contribution in [1.29, 1.82) is 0 Å². The Morgan fingerprint density at radius 3 is 2.15 bits per heavy atom. The van der Waals surface area contributed by atoms with Crippen LogP contribution in [-0.2, 0) is 27.9 Å². The molecule has 0 saturated carbocycles. The maximum absolute atomic E-state index is 12.3. The van der Waals surface area contributed by atoms with Crippen molar-refractivity contribution in [2.75, 3.05) is 14.2 Å². The lowest BCUT2D eigenvalue weighted by Crippen LogP contribution is -2.19. The SMILES string of the molecule is COP(=O)(OC)[C@H](/C=C/CC(C)C)OC(=O)CC(C)=O. The number of carbonyl (C=O) groups excluding carboxylic acids is 2. The summed E-state index contributed by atoms with van der Waals surface area (Å²) in [4.78, 5) is 22.4. The van der Waals surface area contributed by atoms with Crippen LogP contribution in [0.4, 0.5) is 0 Å². The molecule has 0 aliphatic heterocycles. The van der Waals surface area contributed by atoms with E-state index in [4.69, 9.17) is 13.8 Å². The number of rotatable bonds is 9. The van der Waals surface area contributed by atoms with E-state index >= 15 is 0 Å². The Morgan fingerprint density at radius 1 is 1.20 bits per heavy atom. The fourth-order valence-corrected chi connectivity index (χ4v) is 2.48. The average molecular weight is 306 g/mol. The van der Waals surface area contributed by atoms with Crippen molar-refractivity contribution < 1.29 is 27.9 Å². The summed E-state index contributed by atoms with van der Waals surface area (Å²) in [5, 5.41) is 0. The van der Waals surface area contributed by atoms with E-state index in [2.05, 4.69) is 0 Å². The van der Waals surface area contributed by atoms with Crippen molar-refractivity contribution in [3.05, 3.63) is 12.2 Å². The van der Waals surface area contributed by atoms with E-state index in [1.165, 1.54) is 27.2 Å². The zero-order valence-electron chi connectivity index (χ0n) is 12.6. The van der Waals surface area contributed by atoms with Crippen molar-refractivity contribution in [2.24, 2.45) is 5.92 Å². The minimum absolute atomic E-state index is 0.329. The molecule has 7 heteroatoms. The number of allylic oxidation sites excluding steroid dienone is 1. The predicted molar refractivity (Wildman–Crippen MR) is 75.4 cm³/mol. The van der Waals surface area contributed by atoms with Crippen LogP contribution >= 0.6 is 7.60 Å². The fraction of sp³-hybridized carbons (Fsp3) is 0.692. The molecule has 0 aliphatic rings. The highest BCUT2D eigenvalue weighted by Gasteiger charge is 2.35. The molecular weight excluding hydrogens is 283 g/mol. The Morgan fingerprint density at radius 2 is 1.75 bits per heavy atom. The van der Waals surface area contributed by atoms with E-state index in [0.717, 1.165) is 6.42 Å². The maximum atomic E-state index is 12.3. The molecule has 0 saturated heterocycles. The summed E-state index contributed by atoms with van der Waals surface area (Å²) < 4.78 is 27.0. The molecule has 116 valence electrons. The van der Waals surface area contributed by atoms with Gasteiger partial charge >= 0.3 is 13.6 Å². The van der Waals surface area contributed by atoms with Gasteiger partial charge in [0.1, 0.15) is 12.2 Å². The number of Topliss-reactive ketones (excluding diaryl/α,β-unsaturated/α-hetero) is 1. The smallest absolute Gasteiger partial charge is 0.374 e. The van der Waals surface area contributed by atoms with Crippen LogP contribution in [0.3, 0.4) is 0 Å². The first-order chi connectivity index (χ1) is 9.25. The molecule has 0 fully saturated rings. The minimum atomic E-state index is -3.59. The first-order valence-corrected chi connectivity index (χ1v) is 7.93. The van der Waals surface area contributed by atoms with Gasteiger partial charge in [0.2, 0.25) is 5.85 Å². The van der Waals surface area contributed by atoms with Crippen LogP contribution in [0.25, 0.3) is 0 Å². The topological polar surface area (TPSA) is 78.9 Å². The molecule has 0 rings (SSSR count). The molecule has 0 aliphatic carbocycles. The van der Waals surface area contributed by atoms with Gasteiger partial charge in [-0.25, -0.2) is 0 Å². The summed E-state index contributed by atoms with van der Waals surface area (Å²) in [5.41, 5.74) is 0. The lowest BCUT2D eigenvalue weighted by atomic mass is 10.1. The van der Waals surface area contributed by atoms with Crippen LogP contribution in [0.15, 0.2) is 12.2 Å². The zero-order valence-corrected chi connectivity index (χ0v) is 13.5. The molecule has 0 unspecified atom stereocenters. The summed E-state index contributed by atoms with van der Waals surface area (Å²) in [5.74, 6) is -1.83. The van der Waals surface area contributed by atoms with E-state index in [-0.39, 0.29) is 12.2 Å². The molecule has 0 N–H and O–H groups in total. The molecule has 0 aromatic carbocycles. The van der Waals surface area contributed by atoms with Crippen molar-refractivity contribution in [2.45, 2.75) is 39.5 Å². The minimum Gasteiger partial charge on any atom is -0.445 e. The molecule has 0 bridgehead atoms. The first-order valence-electron chi connectivity index (χ1n) is 6.32. The molecular formula is C13H23O6P. The van der Waals surface area contributed by atoms with Crippen molar-refractivity contribution in [1.82, 2.24) is 0 Å². The third-order valence-electron chi connectivity index (χ3n) is 2.37. The van der Waals surface area contributed by atoms with Gasteiger partial charge in [-0.2, -0.15) is 0 Å². The Kier molecular flexibility index (Phi) is 8.62. The number of ether oxygens (including phenoxy) is 1. The van der Waals surface area contributed by atoms with Crippen LogP contribution < -0.4 is 0 Å². The predicted octanol–water partition coefficient (Wildman–Crippen LogP) is 2.92. The van der Waals surface area contributed by atoms with E-state index in [1.807, 2.05) is 13.8 Å². The summed E-state index contributed by atoms with van der Waals surface area (Å²) >= 11 is 0. The second kappa shape index (κ2) is 9.06. The van der Waals surface area contributed by atoms with Gasteiger partial charge in [-0.3, -0.25) is 14.2 Å². The quantitative estimate of drug-likeness (QED) is 0.282. The van der Waals surface area contributed by atoms with Crippen LogP contribution in [0.5, 0.6) is 0 Å². The molecule has 0 amide bonds. The number of hydrogen-bond donors (Lipinski definition) is 0. The van der Waals surface area contributed by atoms with Gasteiger partial charge in [-0.1, -0.05) is 19.9 Å². The second-order valence-corrected chi connectivity index (χ2v) is 7.04. The highest BCUT2D eigenvalue weighted by Crippen LogP contribution is 2.52. The number of carbonyl (C=O) groups is 2. The van der Waals surface area contributed by atoms with E-state index < -0.39 is 19.4 Å². The third-order valence-corrected chi connectivity index (χ3v) is 4.29. The number of esters is 1. The molecule has 0 radical (unpaired) electrons. The van der Waals surface area contributed by atoms with E-state index in [9.17, 15) is 14.2 Å². The van der Waals surface area contributed by atoms with Gasteiger partial charge in [0.15, 0.2) is 0 Å². The van der Waals surface area contributed by atoms with Gasteiger partial charge in [0.05, 0.1) is 0 Å². The van der Waals surface area contributed by atoms with Crippen LogP contribution in [0, 0.1) is 5.92 Å². The van der Waals surface area contributed by atoms with Crippen LogP contribution in [0.2, 0.25) is 0 Å². The first kappa shape index (κ1) is 19.0. The van der Waals surface area contributed by atoms with Crippen LogP contribution in [0.1, 0.15) is 33.6 Å². The van der Waals surface area contributed by atoms with E-state index in [0.29, 0.717) is 5.92 Å². The lowest BCUT2D eigenvalue weighted by Gasteiger charge is -2.21. The fourth-order valence-electron chi connectivity index (χ4n) is 1.34. The molecule has 1 atom stereocenters. The Bertz CT molecular complexity index is 394. The Balaban J connectivity index is 4.97. The van der Waals surface area contributed by atoms with Gasteiger partial charge in [-0.05, 0) is 25.3 Å². The molecule has 6 nitrogen and oxygen atoms in total. The maximum Gasteiger partial charge on any atom is 0.374 e. The highest BCUT2D eigenvalue weighted by atomic mass is 31.2. The molecule has 0 aromatic heterocycles. The molecule has 0 heterocycles. The lowest BCUT2D eigenvalue weighted by molar-refractivity contribution is -0.146. The number of hydrogen-bond acceptors (Lipinski definition) is 6. The van der Waals surface area contributed by atoms with Crippen molar-refractivity contribution in [3.8, 4) is 0 Å². The standard InChI is InChI=1S/C13H23O6P/c1-10(2)7-6-8-13(20(16,17-4)18-5)19-12(15)9-11(3)14/h6,8,10,13H,7,9H2,1-5H3/b8-6+/t13-/m1/s1. The van der Waals surface area contributed by atoms with E-state index in [1.54, 1.807) is 6.08 Å². The summed E-state index contributed by atoms with van der Waals surface area (Å²) in [6.07, 6.45) is 3.59. The van der Waals surface area contributed by atoms with Crippen molar-refractivity contribution in [3.63, 3.8) is 0 Å². The molecule has 0 aromatic rings. The Hall–Kier alpha value is -0.970. The molecule has 0 spiro atoms. The number of ketones is 1. The largest absolute Gasteiger partial charge is 0.445 e. The monoisotopic (exact) mass is 306 g/mol. The van der Waals surface area contributed by atoms with Gasteiger partial charge in [0.25, 0.3) is 0 Å². The molecule has 20 heavy (non-hydrogen) atoms. The second-order valence-electron chi connectivity index (χ2n) is 4.72. The Labute approximate surface area is 120 Å². The average Bonchev–Trinajstić information content (AvgIpc) is 2.35. The summed E-state index contributed by atoms with van der Waals surface area (Å²) in [6, 6.07) is 0. The van der Waals surface area contributed by atoms with Crippen LogP contribution in [-0.4, -0.2) is 31.8 Å².